The first-order valence-electron chi connectivity index (χ1n) is 7.58. The Morgan fingerprint density at radius 3 is 2.24 bits per heavy atom. The molecule has 1 heteroatoms. The molecule has 21 heavy (non-hydrogen) atoms. The minimum atomic E-state index is 0.0868. The molecule has 0 aliphatic carbocycles. The van der Waals surface area contributed by atoms with Crippen molar-refractivity contribution in [3.8, 4) is 0 Å². The van der Waals surface area contributed by atoms with Crippen LogP contribution in [0.3, 0.4) is 0 Å². The molecule has 0 heterocycles. The van der Waals surface area contributed by atoms with E-state index in [4.69, 9.17) is 0 Å². The van der Waals surface area contributed by atoms with Crippen molar-refractivity contribution in [1.29, 1.82) is 0 Å². The van der Waals surface area contributed by atoms with Crippen LogP contribution in [-0.4, -0.2) is 6.21 Å². The van der Waals surface area contributed by atoms with E-state index in [2.05, 4.69) is 77.4 Å². The summed E-state index contributed by atoms with van der Waals surface area (Å²) in [6.45, 7) is 17.2. The van der Waals surface area contributed by atoms with Gasteiger partial charge in [-0.25, -0.2) is 0 Å². The highest BCUT2D eigenvalue weighted by Gasteiger charge is 2.12. The summed E-state index contributed by atoms with van der Waals surface area (Å²) in [5.41, 5.74) is 3.76. The Hall–Kier alpha value is -1.63. The third-order valence-electron chi connectivity index (χ3n) is 2.87. The molecule has 0 aliphatic rings. The lowest BCUT2D eigenvalue weighted by Gasteiger charge is -2.19. The van der Waals surface area contributed by atoms with Crippen molar-refractivity contribution < 1.29 is 0 Å². The molecule has 1 rings (SSSR count). The van der Waals surface area contributed by atoms with E-state index < -0.39 is 0 Å². The van der Waals surface area contributed by atoms with Gasteiger partial charge in [0.2, 0.25) is 0 Å². The summed E-state index contributed by atoms with van der Waals surface area (Å²) in [6, 6.07) is 8.26. The Morgan fingerprint density at radius 1 is 1.10 bits per heavy atom. The SMILES string of the molecule is C=C/C(=C\c1ccccc1/N=C/C(C)(C)C)CC(C)(C)C. The fourth-order valence-electron chi connectivity index (χ4n) is 1.98. The summed E-state index contributed by atoms with van der Waals surface area (Å²) in [5.74, 6) is 0. The van der Waals surface area contributed by atoms with Crippen LogP contribution in [-0.2, 0) is 0 Å². The largest absolute Gasteiger partial charge is 0.260 e. The Kier molecular flexibility index (Phi) is 5.71. The lowest BCUT2D eigenvalue weighted by molar-refractivity contribution is 0.414. The highest BCUT2D eigenvalue weighted by Crippen LogP contribution is 2.29. The molecule has 0 N–H and O–H groups in total. The van der Waals surface area contributed by atoms with Gasteiger partial charge in [0.05, 0.1) is 5.69 Å². The first-order chi connectivity index (χ1) is 9.61. The van der Waals surface area contributed by atoms with E-state index in [1.165, 1.54) is 5.57 Å². The topological polar surface area (TPSA) is 12.4 Å². The molecular weight excluding hydrogens is 254 g/mol. The normalized spacial score (nSPS) is 13.7. The molecule has 1 aromatic carbocycles. The van der Waals surface area contributed by atoms with Crippen molar-refractivity contribution in [2.45, 2.75) is 48.0 Å². The number of rotatable bonds is 4. The number of hydrogen-bond acceptors (Lipinski definition) is 1. The van der Waals surface area contributed by atoms with E-state index in [0.29, 0.717) is 0 Å². The van der Waals surface area contributed by atoms with Gasteiger partial charge in [-0.05, 0) is 35.0 Å². The lowest BCUT2D eigenvalue weighted by Crippen LogP contribution is -2.05. The maximum absolute atomic E-state index is 4.66. The Labute approximate surface area is 130 Å². The number of benzene rings is 1. The van der Waals surface area contributed by atoms with Crippen LogP contribution >= 0.6 is 0 Å². The number of allylic oxidation sites excluding steroid dienone is 2. The molecule has 114 valence electrons. The first-order valence-corrected chi connectivity index (χ1v) is 7.58. The standard InChI is InChI=1S/C20H29N/c1-8-16(14-19(2,3)4)13-17-11-9-10-12-18(17)21-15-20(5,6)7/h8-13,15H,1,14H2,2-7H3/b16-13+,21-15+. The highest BCUT2D eigenvalue weighted by molar-refractivity contribution is 5.74. The number of para-hydroxylation sites is 1. The summed E-state index contributed by atoms with van der Waals surface area (Å²) in [7, 11) is 0. The predicted molar refractivity (Wildman–Crippen MR) is 96.3 cm³/mol. The summed E-state index contributed by atoms with van der Waals surface area (Å²) < 4.78 is 0. The van der Waals surface area contributed by atoms with Crippen molar-refractivity contribution in [1.82, 2.24) is 0 Å². The van der Waals surface area contributed by atoms with Gasteiger partial charge in [-0.1, -0.05) is 72.4 Å². The van der Waals surface area contributed by atoms with Crippen molar-refractivity contribution in [3.05, 3.63) is 48.1 Å². The van der Waals surface area contributed by atoms with Crippen LogP contribution in [0.2, 0.25) is 0 Å². The summed E-state index contributed by atoms with van der Waals surface area (Å²) in [6.07, 6.45) is 7.17. The Morgan fingerprint density at radius 2 is 1.71 bits per heavy atom. The molecule has 0 amide bonds. The molecular formula is C20H29N. The maximum atomic E-state index is 4.66. The van der Waals surface area contributed by atoms with Crippen LogP contribution in [0.15, 0.2) is 47.5 Å². The number of nitrogens with zero attached hydrogens (tertiary/aromatic N) is 1. The van der Waals surface area contributed by atoms with Crippen LogP contribution in [0.1, 0.15) is 53.5 Å². The second kappa shape index (κ2) is 6.89. The van der Waals surface area contributed by atoms with Crippen LogP contribution in [0.4, 0.5) is 5.69 Å². The van der Waals surface area contributed by atoms with Gasteiger partial charge in [-0.3, -0.25) is 4.99 Å². The molecule has 0 bridgehead atoms. The second-order valence-corrected chi connectivity index (χ2v) is 7.84. The molecule has 0 radical (unpaired) electrons. The zero-order valence-corrected chi connectivity index (χ0v) is 14.4. The quantitative estimate of drug-likeness (QED) is 0.445. The van der Waals surface area contributed by atoms with Crippen molar-refractivity contribution in [2.24, 2.45) is 15.8 Å². The third kappa shape index (κ3) is 7.08. The van der Waals surface area contributed by atoms with Crippen molar-refractivity contribution in [3.63, 3.8) is 0 Å². The van der Waals surface area contributed by atoms with E-state index in [1.54, 1.807) is 0 Å². The van der Waals surface area contributed by atoms with E-state index in [-0.39, 0.29) is 10.8 Å². The van der Waals surface area contributed by atoms with Gasteiger partial charge in [0.1, 0.15) is 0 Å². The van der Waals surface area contributed by atoms with Crippen molar-refractivity contribution in [2.75, 3.05) is 0 Å². The van der Waals surface area contributed by atoms with Gasteiger partial charge < -0.3 is 0 Å². The average Bonchev–Trinajstić information content (AvgIpc) is 2.34. The third-order valence-corrected chi connectivity index (χ3v) is 2.87. The van der Waals surface area contributed by atoms with E-state index >= 15 is 0 Å². The van der Waals surface area contributed by atoms with Gasteiger partial charge in [0.15, 0.2) is 0 Å². The van der Waals surface area contributed by atoms with Crippen LogP contribution in [0.25, 0.3) is 6.08 Å². The monoisotopic (exact) mass is 283 g/mol. The fourth-order valence-corrected chi connectivity index (χ4v) is 1.98. The second-order valence-electron chi connectivity index (χ2n) is 7.84. The molecule has 0 aliphatic heterocycles. The number of hydrogen-bond donors (Lipinski definition) is 0. The zero-order chi connectivity index (χ0) is 16.1. The molecule has 1 nitrogen and oxygen atoms in total. The molecule has 0 unspecified atom stereocenters. The molecule has 0 spiro atoms. The predicted octanol–water partition coefficient (Wildman–Crippen LogP) is 6.44. The highest BCUT2D eigenvalue weighted by atomic mass is 14.7. The molecule has 0 atom stereocenters. The zero-order valence-electron chi connectivity index (χ0n) is 14.4. The first kappa shape index (κ1) is 17.4. The van der Waals surface area contributed by atoms with Gasteiger partial charge in [-0.2, -0.15) is 0 Å². The van der Waals surface area contributed by atoms with Crippen LogP contribution in [0.5, 0.6) is 0 Å². The van der Waals surface area contributed by atoms with Crippen molar-refractivity contribution >= 4 is 18.0 Å². The van der Waals surface area contributed by atoms with Crippen LogP contribution in [0, 0.1) is 10.8 Å². The van der Waals surface area contributed by atoms with Gasteiger partial charge in [0, 0.05) is 11.8 Å². The van der Waals surface area contributed by atoms with E-state index in [1.807, 2.05) is 18.4 Å². The van der Waals surface area contributed by atoms with E-state index in [9.17, 15) is 0 Å². The molecule has 0 fully saturated rings. The summed E-state index contributed by atoms with van der Waals surface area (Å²) in [5, 5.41) is 0. The molecule has 0 aromatic heterocycles. The molecule has 0 saturated heterocycles. The smallest absolute Gasteiger partial charge is 0.0698 e. The molecule has 0 saturated carbocycles. The average molecular weight is 283 g/mol. The maximum Gasteiger partial charge on any atom is 0.0698 e. The lowest BCUT2D eigenvalue weighted by atomic mass is 9.87. The minimum Gasteiger partial charge on any atom is -0.260 e. The van der Waals surface area contributed by atoms with Gasteiger partial charge >= 0.3 is 0 Å². The summed E-state index contributed by atoms with van der Waals surface area (Å²) >= 11 is 0. The van der Waals surface area contributed by atoms with Crippen LogP contribution < -0.4 is 0 Å². The minimum absolute atomic E-state index is 0.0868. The fraction of sp³-hybridized carbons (Fsp3) is 0.450. The Bertz CT molecular complexity index is 534. The van der Waals surface area contributed by atoms with Gasteiger partial charge in [0.25, 0.3) is 0 Å². The summed E-state index contributed by atoms with van der Waals surface area (Å²) in [4.78, 5) is 4.66. The van der Waals surface area contributed by atoms with Gasteiger partial charge in [-0.15, -0.1) is 0 Å². The Balaban J connectivity index is 3.13. The number of aliphatic imine (C=N–C) groups is 1. The van der Waals surface area contributed by atoms with E-state index in [0.717, 1.165) is 17.7 Å². The molecule has 1 aromatic rings.